The third kappa shape index (κ3) is 5.03. The van der Waals surface area contributed by atoms with Gasteiger partial charge in [-0.3, -0.25) is 9.59 Å². The van der Waals surface area contributed by atoms with Crippen molar-refractivity contribution in [1.82, 2.24) is 0 Å². The summed E-state index contributed by atoms with van der Waals surface area (Å²) >= 11 is 0. The summed E-state index contributed by atoms with van der Waals surface area (Å²) in [5.74, 6) is -2.14. The first-order valence-electron chi connectivity index (χ1n) is 11.0. The second kappa shape index (κ2) is 9.40. The molecular formula is C23H34O8. The highest BCUT2D eigenvalue weighted by Gasteiger charge is 2.64. The first kappa shape index (κ1) is 23.9. The predicted molar refractivity (Wildman–Crippen MR) is 111 cm³/mol. The van der Waals surface area contributed by atoms with E-state index in [1.165, 1.54) is 0 Å². The van der Waals surface area contributed by atoms with E-state index in [1.54, 1.807) is 20.8 Å². The van der Waals surface area contributed by atoms with Crippen molar-refractivity contribution in [3.05, 3.63) is 24.3 Å². The molecule has 0 aromatic carbocycles. The fraction of sp³-hybridized carbons (Fsp3) is 0.739. The lowest BCUT2D eigenvalue weighted by molar-refractivity contribution is -0.226. The number of esters is 2. The van der Waals surface area contributed by atoms with Crippen LogP contribution in [-0.2, 0) is 28.5 Å². The van der Waals surface area contributed by atoms with Crippen LogP contribution in [0, 0.1) is 11.3 Å². The number of ether oxygens (including phenoxy) is 4. The molecule has 1 spiro atoms. The minimum atomic E-state index is -1.04. The van der Waals surface area contributed by atoms with Crippen molar-refractivity contribution in [2.45, 2.75) is 89.7 Å². The molecule has 3 rings (SSSR count). The van der Waals surface area contributed by atoms with E-state index in [0.717, 1.165) is 6.42 Å². The number of aliphatic hydroxyl groups excluding tert-OH is 2. The molecule has 3 aliphatic heterocycles. The molecule has 0 bridgehead atoms. The Morgan fingerprint density at radius 2 is 2.03 bits per heavy atom. The van der Waals surface area contributed by atoms with Gasteiger partial charge in [0.2, 0.25) is 0 Å². The van der Waals surface area contributed by atoms with Crippen LogP contribution in [0.25, 0.3) is 0 Å². The van der Waals surface area contributed by atoms with Gasteiger partial charge in [0.25, 0.3) is 0 Å². The van der Waals surface area contributed by atoms with Crippen molar-refractivity contribution < 1.29 is 38.7 Å². The van der Waals surface area contributed by atoms with Crippen molar-refractivity contribution in [2.24, 2.45) is 11.3 Å². The Morgan fingerprint density at radius 3 is 2.71 bits per heavy atom. The summed E-state index contributed by atoms with van der Waals surface area (Å²) in [4.78, 5) is 23.9. The molecule has 31 heavy (non-hydrogen) atoms. The van der Waals surface area contributed by atoms with Crippen LogP contribution in [0.2, 0.25) is 0 Å². The summed E-state index contributed by atoms with van der Waals surface area (Å²) in [6.07, 6.45) is 8.17. The minimum absolute atomic E-state index is 0.110. The highest BCUT2D eigenvalue weighted by Crippen LogP contribution is 2.51. The van der Waals surface area contributed by atoms with Gasteiger partial charge < -0.3 is 29.2 Å². The van der Waals surface area contributed by atoms with Crippen LogP contribution in [0.5, 0.6) is 0 Å². The SMILES string of the molecule is CC(CC=CC=CC1CCC2(CC3OC(=O)C(C)(CO)C3O2)O1)OC(=O)C(C)C(C)O. The van der Waals surface area contributed by atoms with Crippen molar-refractivity contribution in [3.8, 4) is 0 Å². The van der Waals surface area contributed by atoms with Crippen LogP contribution in [0.3, 0.4) is 0 Å². The predicted octanol–water partition coefficient (Wildman–Crippen LogP) is 2.03. The van der Waals surface area contributed by atoms with Gasteiger partial charge in [-0.2, -0.15) is 0 Å². The maximum Gasteiger partial charge on any atom is 0.317 e. The Labute approximate surface area is 183 Å². The molecule has 0 aliphatic carbocycles. The van der Waals surface area contributed by atoms with Gasteiger partial charge >= 0.3 is 11.9 Å². The Kier molecular flexibility index (Phi) is 7.25. The number of fused-ring (bicyclic) bond motifs is 1. The van der Waals surface area contributed by atoms with Gasteiger partial charge in [0.1, 0.15) is 23.7 Å². The fourth-order valence-electron chi connectivity index (χ4n) is 4.17. The van der Waals surface area contributed by atoms with Gasteiger partial charge in [-0.15, -0.1) is 0 Å². The smallest absolute Gasteiger partial charge is 0.317 e. The Morgan fingerprint density at radius 1 is 1.29 bits per heavy atom. The molecule has 2 N–H and O–H groups in total. The maximum atomic E-state index is 12.0. The summed E-state index contributed by atoms with van der Waals surface area (Å²) in [5, 5.41) is 19.1. The number of carbonyl (C=O) groups is 2. The lowest BCUT2D eigenvalue weighted by atomic mass is 9.85. The molecule has 0 saturated carbocycles. The Bertz CT molecular complexity index is 731. The lowest BCUT2D eigenvalue weighted by Gasteiger charge is -2.29. The molecule has 0 aromatic rings. The van der Waals surface area contributed by atoms with Crippen molar-refractivity contribution in [3.63, 3.8) is 0 Å². The molecular weight excluding hydrogens is 404 g/mol. The Balaban J connectivity index is 1.44. The van der Waals surface area contributed by atoms with Crippen molar-refractivity contribution >= 4 is 11.9 Å². The van der Waals surface area contributed by atoms with Gasteiger partial charge in [-0.1, -0.05) is 24.3 Å². The van der Waals surface area contributed by atoms with Gasteiger partial charge in [0, 0.05) is 19.3 Å². The number of hydrogen-bond donors (Lipinski definition) is 2. The second-order valence-corrected chi connectivity index (χ2v) is 9.19. The zero-order valence-corrected chi connectivity index (χ0v) is 18.7. The quantitative estimate of drug-likeness (QED) is 0.437. The topological polar surface area (TPSA) is 112 Å². The largest absolute Gasteiger partial charge is 0.462 e. The molecule has 8 nitrogen and oxygen atoms in total. The van der Waals surface area contributed by atoms with Crippen LogP contribution < -0.4 is 0 Å². The molecule has 3 fully saturated rings. The molecule has 3 heterocycles. The summed E-state index contributed by atoms with van der Waals surface area (Å²) in [7, 11) is 0. The number of hydrogen-bond acceptors (Lipinski definition) is 8. The Hall–Kier alpha value is -1.74. The van der Waals surface area contributed by atoms with E-state index in [1.807, 2.05) is 31.2 Å². The average molecular weight is 439 g/mol. The van der Waals surface area contributed by atoms with Crippen molar-refractivity contribution in [2.75, 3.05) is 6.61 Å². The van der Waals surface area contributed by atoms with E-state index in [2.05, 4.69) is 0 Å². The van der Waals surface area contributed by atoms with E-state index in [4.69, 9.17) is 18.9 Å². The summed E-state index contributed by atoms with van der Waals surface area (Å²) < 4.78 is 23.0. The van der Waals surface area contributed by atoms with Gasteiger partial charge in [-0.05, 0) is 34.1 Å². The molecule has 0 amide bonds. The zero-order valence-electron chi connectivity index (χ0n) is 18.7. The van der Waals surface area contributed by atoms with Crippen LogP contribution in [0.4, 0.5) is 0 Å². The van der Waals surface area contributed by atoms with E-state index in [-0.39, 0.29) is 24.9 Å². The first-order valence-corrected chi connectivity index (χ1v) is 11.0. The summed E-state index contributed by atoms with van der Waals surface area (Å²) in [5.41, 5.74) is -1.04. The second-order valence-electron chi connectivity index (χ2n) is 9.19. The first-order chi connectivity index (χ1) is 14.6. The molecule has 8 atom stereocenters. The third-order valence-electron chi connectivity index (χ3n) is 6.50. The highest BCUT2D eigenvalue weighted by atomic mass is 16.7. The zero-order chi connectivity index (χ0) is 22.8. The number of carbonyl (C=O) groups excluding carboxylic acids is 2. The maximum absolute atomic E-state index is 12.0. The minimum Gasteiger partial charge on any atom is -0.462 e. The molecule has 174 valence electrons. The average Bonchev–Trinajstić information content (AvgIpc) is 3.35. The third-order valence-corrected chi connectivity index (χ3v) is 6.50. The summed E-state index contributed by atoms with van der Waals surface area (Å²) in [6, 6.07) is 0. The highest BCUT2D eigenvalue weighted by molar-refractivity contribution is 5.80. The molecule has 0 aromatic heterocycles. The van der Waals surface area contributed by atoms with Gasteiger partial charge in [0.15, 0.2) is 5.79 Å². The van der Waals surface area contributed by atoms with Crippen LogP contribution in [0.15, 0.2) is 24.3 Å². The molecule has 3 aliphatic rings. The van der Waals surface area contributed by atoms with E-state index in [0.29, 0.717) is 19.3 Å². The number of aliphatic hydroxyl groups is 2. The van der Waals surface area contributed by atoms with E-state index < -0.39 is 41.3 Å². The fourth-order valence-corrected chi connectivity index (χ4v) is 4.17. The molecule has 8 heteroatoms. The van der Waals surface area contributed by atoms with Crippen molar-refractivity contribution in [1.29, 1.82) is 0 Å². The normalized spacial score (nSPS) is 38.0. The van der Waals surface area contributed by atoms with E-state index in [9.17, 15) is 19.8 Å². The van der Waals surface area contributed by atoms with Gasteiger partial charge in [0.05, 0.1) is 24.7 Å². The molecule has 8 unspecified atom stereocenters. The number of rotatable bonds is 8. The van der Waals surface area contributed by atoms with Crippen LogP contribution >= 0.6 is 0 Å². The monoisotopic (exact) mass is 438 g/mol. The standard InChI is InChI=1S/C23H34O8/c1-14(28-20(26)15(2)16(3)25)8-6-5-7-9-17-10-11-23(30-17)12-18-19(31-23)22(4,13-24)21(27)29-18/h5-7,9,14-19,24-25H,8,10-13H2,1-4H3. The van der Waals surface area contributed by atoms with Gasteiger partial charge in [-0.25, -0.2) is 0 Å². The summed E-state index contributed by atoms with van der Waals surface area (Å²) in [6.45, 7) is 6.37. The number of allylic oxidation sites excluding steroid dienone is 2. The molecule has 3 saturated heterocycles. The lowest BCUT2D eigenvalue weighted by Crippen LogP contribution is -2.41. The van der Waals surface area contributed by atoms with E-state index >= 15 is 0 Å². The van der Waals surface area contributed by atoms with Crippen LogP contribution in [-0.4, -0.2) is 65.1 Å². The van der Waals surface area contributed by atoms with Crippen LogP contribution in [0.1, 0.15) is 53.4 Å². The molecule has 0 radical (unpaired) electrons.